The number of ether oxygens (including phenoxy) is 1. The van der Waals surface area contributed by atoms with E-state index in [1.165, 1.54) is 32.1 Å². The summed E-state index contributed by atoms with van der Waals surface area (Å²) in [7, 11) is 0. The molecule has 2 aromatic rings. The van der Waals surface area contributed by atoms with Crippen LogP contribution >= 0.6 is 23.2 Å². The van der Waals surface area contributed by atoms with Crippen LogP contribution in [0.3, 0.4) is 0 Å². The third-order valence-electron chi connectivity index (χ3n) is 6.01. The van der Waals surface area contributed by atoms with Crippen molar-refractivity contribution in [3.8, 4) is 11.1 Å². The largest absolute Gasteiger partial charge is 0.384 e. The van der Waals surface area contributed by atoms with Crippen molar-refractivity contribution in [1.29, 1.82) is 0 Å². The minimum Gasteiger partial charge on any atom is -0.384 e. The maximum Gasteiger partial charge on any atom is 0.126 e. The molecule has 4 rings (SSSR count). The van der Waals surface area contributed by atoms with E-state index in [0.29, 0.717) is 17.0 Å². The lowest BCUT2D eigenvalue weighted by atomic mass is 9.95. The van der Waals surface area contributed by atoms with E-state index in [2.05, 4.69) is 27.8 Å². The molecule has 6 heteroatoms. The molecule has 1 aromatic heterocycles. The Labute approximate surface area is 183 Å². The molecule has 29 heavy (non-hydrogen) atoms. The molecule has 0 amide bonds. The van der Waals surface area contributed by atoms with Gasteiger partial charge in [0.15, 0.2) is 0 Å². The first-order valence-corrected chi connectivity index (χ1v) is 11.5. The van der Waals surface area contributed by atoms with E-state index in [4.69, 9.17) is 27.9 Å². The van der Waals surface area contributed by atoms with E-state index in [1.54, 1.807) is 6.20 Å². The Morgan fingerprint density at radius 1 is 0.966 bits per heavy atom. The molecule has 1 aliphatic heterocycles. The first kappa shape index (κ1) is 20.8. The van der Waals surface area contributed by atoms with Crippen LogP contribution in [0.4, 0.5) is 11.5 Å². The van der Waals surface area contributed by atoms with Crippen molar-refractivity contribution in [3.05, 3.63) is 40.5 Å². The number of rotatable bonds is 6. The SMILES string of the molecule is Clc1ccc(-c2cc(NC3CCCCC3)ncc2Cl)cc1NCC1CCOCC1. The predicted molar refractivity (Wildman–Crippen MR) is 122 cm³/mol. The van der Waals surface area contributed by atoms with Gasteiger partial charge < -0.3 is 15.4 Å². The average Bonchev–Trinajstić information content (AvgIpc) is 2.76. The van der Waals surface area contributed by atoms with Gasteiger partial charge >= 0.3 is 0 Å². The predicted octanol–water partition coefficient (Wildman–Crippen LogP) is 6.64. The minimum atomic E-state index is 0.507. The number of anilines is 2. The van der Waals surface area contributed by atoms with E-state index in [0.717, 1.165) is 60.3 Å². The maximum atomic E-state index is 6.51. The molecule has 1 saturated heterocycles. The highest BCUT2D eigenvalue weighted by Gasteiger charge is 2.16. The van der Waals surface area contributed by atoms with Crippen molar-refractivity contribution < 1.29 is 4.74 Å². The van der Waals surface area contributed by atoms with Crippen LogP contribution in [0.5, 0.6) is 0 Å². The fourth-order valence-electron chi connectivity index (χ4n) is 4.23. The van der Waals surface area contributed by atoms with Gasteiger partial charge in [0, 0.05) is 37.6 Å². The van der Waals surface area contributed by atoms with Gasteiger partial charge in [-0.1, -0.05) is 48.5 Å². The third-order valence-corrected chi connectivity index (χ3v) is 6.64. The van der Waals surface area contributed by atoms with E-state index >= 15 is 0 Å². The van der Waals surface area contributed by atoms with E-state index in [9.17, 15) is 0 Å². The van der Waals surface area contributed by atoms with Crippen molar-refractivity contribution in [2.75, 3.05) is 30.4 Å². The number of halogens is 2. The summed E-state index contributed by atoms with van der Waals surface area (Å²) < 4.78 is 5.45. The Kier molecular flexibility index (Phi) is 7.17. The molecule has 0 atom stereocenters. The molecule has 1 saturated carbocycles. The van der Waals surface area contributed by atoms with E-state index < -0.39 is 0 Å². The van der Waals surface area contributed by atoms with Crippen molar-refractivity contribution in [2.45, 2.75) is 51.0 Å². The van der Waals surface area contributed by atoms with Crippen molar-refractivity contribution >= 4 is 34.7 Å². The van der Waals surface area contributed by atoms with E-state index in [1.807, 2.05) is 12.1 Å². The van der Waals surface area contributed by atoms with Crippen LogP contribution in [-0.2, 0) is 4.74 Å². The van der Waals surface area contributed by atoms with Crippen molar-refractivity contribution in [1.82, 2.24) is 4.98 Å². The second-order valence-electron chi connectivity index (χ2n) is 8.16. The Morgan fingerprint density at radius 3 is 2.55 bits per heavy atom. The first-order chi connectivity index (χ1) is 14.2. The van der Waals surface area contributed by atoms with Gasteiger partial charge in [-0.2, -0.15) is 0 Å². The molecule has 0 radical (unpaired) electrons. The maximum absolute atomic E-state index is 6.51. The molecule has 1 aromatic carbocycles. The Bertz CT molecular complexity index is 818. The van der Waals surface area contributed by atoms with Crippen molar-refractivity contribution in [2.24, 2.45) is 5.92 Å². The molecule has 4 nitrogen and oxygen atoms in total. The molecular weight excluding hydrogens is 405 g/mol. The minimum absolute atomic E-state index is 0.507. The summed E-state index contributed by atoms with van der Waals surface area (Å²) in [4.78, 5) is 4.50. The van der Waals surface area contributed by atoms with Gasteiger partial charge in [-0.3, -0.25) is 0 Å². The molecule has 156 valence electrons. The quantitative estimate of drug-likeness (QED) is 0.535. The summed E-state index contributed by atoms with van der Waals surface area (Å²) >= 11 is 13.0. The van der Waals surface area contributed by atoms with E-state index in [-0.39, 0.29) is 0 Å². The Morgan fingerprint density at radius 2 is 1.76 bits per heavy atom. The number of nitrogens with one attached hydrogen (secondary N) is 2. The van der Waals surface area contributed by atoms with Gasteiger partial charge in [0.2, 0.25) is 0 Å². The highest BCUT2D eigenvalue weighted by Crippen LogP contribution is 2.34. The molecule has 0 unspecified atom stereocenters. The Balaban J connectivity index is 1.50. The number of pyridine rings is 1. The van der Waals surface area contributed by atoms with Crippen LogP contribution < -0.4 is 10.6 Å². The zero-order valence-corrected chi connectivity index (χ0v) is 18.2. The van der Waals surface area contributed by atoms with Crippen LogP contribution in [0.15, 0.2) is 30.5 Å². The highest BCUT2D eigenvalue weighted by atomic mass is 35.5. The van der Waals surface area contributed by atoms with Crippen LogP contribution in [0.2, 0.25) is 10.0 Å². The lowest BCUT2D eigenvalue weighted by molar-refractivity contribution is 0.0699. The lowest BCUT2D eigenvalue weighted by Gasteiger charge is -2.24. The van der Waals surface area contributed by atoms with Crippen LogP contribution in [0.1, 0.15) is 44.9 Å². The monoisotopic (exact) mass is 433 g/mol. The smallest absolute Gasteiger partial charge is 0.126 e. The number of benzene rings is 1. The number of hydrogen-bond donors (Lipinski definition) is 2. The fourth-order valence-corrected chi connectivity index (χ4v) is 4.62. The molecule has 0 spiro atoms. The summed E-state index contributed by atoms with van der Waals surface area (Å²) in [6.07, 6.45) is 10.3. The molecule has 2 N–H and O–H groups in total. The standard InChI is InChI=1S/C23H29Cl2N3O/c24-20-7-6-17(12-22(20)26-14-16-8-10-29-11-9-16)19-13-23(27-15-21(19)25)28-18-4-2-1-3-5-18/h6-7,12-13,15-16,18,26H,1-5,8-11,14H2,(H,27,28). The molecule has 2 aliphatic rings. The lowest BCUT2D eigenvalue weighted by Crippen LogP contribution is -2.22. The summed E-state index contributed by atoms with van der Waals surface area (Å²) in [5.41, 5.74) is 2.97. The number of aromatic nitrogens is 1. The third kappa shape index (κ3) is 5.56. The first-order valence-electron chi connectivity index (χ1n) is 10.7. The van der Waals surface area contributed by atoms with Crippen LogP contribution in [0, 0.1) is 5.92 Å². The van der Waals surface area contributed by atoms with Crippen LogP contribution in [-0.4, -0.2) is 30.8 Å². The molecule has 2 fully saturated rings. The average molecular weight is 434 g/mol. The molecule has 2 heterocycles. The molecular formula is C23H29Cl2N3O. The van der Waals surface area contributed by atoms with Gasteiger partial charge in [-0.05, 0) is 55.4 Å². The zero-order valence-electron chi connectivity index (χ0n) is 16.7. The van der Waals surface area contributed by atoms with Crippen LogP contribution in [0.25, 0.3) is 11.1 Å². The normalized spacial score (nSPS) is 18.6. The molecule has 1 aliphatic carbocycles. The van der Waals surface area contributed by atoms with Gasteiger partial charge in [-0.25, -0.2) is 4.98 Å². The zero-order chi connectivity index (χ0) is 20.1. The highest BCUT2D eigenvalue weighted by molar-refractivity contribution is 6.34. The molecule has 0 bridgehead atoms. The second kappa shape index (κ2) is 10.0. The topological polar surface area (TPSA) is 46.2 Å². The van der Waals surface area contributed by atoms with Gasteiger partial charge in [0.05, 0.1) is 15.7 Å². The Hall–Kier alpha value is -1.49. The number of nitrogens with zero attached hydrogens (tertiary/aromatic N) is 1. The summed E-state index contributed by atoms with van der Waals surface area (Å²) in [6.45, 7) is 2.61. The summed E-state index contributed by atoms with van der Waals surface area (Å²) in [5.74, 6) is 1.52. The summed E-state index contributed by atoms with van der Waals surface area (Å²) in [5, 5.41) is 8.50. The summed E-state index contributed by atoms with van der Waals surface area (Å²) in [6, 6.07) is 8.62. The van der Waals surface area contributed by atoms with Gasteiger partial charge in [0.25, 0.3) is 0 Å². The van der Waals surface area contributed by atoms with Gasteiger partial charge in [-0.15, -0.1) is 0 Å². The fraction of sp³-hybridized carbons (Fsp3) is 0.522. The van der Waals surface area contributed by atoms with Crippen molar-refractivity contribution in [3.63, 3.8) is 0 Å². The second-order valence-corrected chi connectivity index (χ2v) is 8.97. The number of hydrogen-bond acceptors (Lipinski definition) is 4. The van der Waals surface area contributed by atoms with Gasteiger partial charge in [0.1, 0.15) is 5.82 Å².